The Morgan fingerprint density at radius 3 is 2.67 bits per heavy atom. The van der Waals surface area contributed by atoms with Gasteiger partial charge in [0.25, 0.3) is 5.91 Å². The minimum absolute atomic E-state index is 0. The van der Waals surface area contributed by atoms with Gasteiger partial charge in [0.2, 0.25) is 5.95 Å². The standard InChI is InChI=1S/C21H27FN6O3.C2H6.H2/c1-3-27-11-31-12-28(14-4-6-30-7-5-14)20-18(27)10-24-21(26-20)25-17-9-16(22)15(19(23)29)8-13(17)2;1-2;/h8-10,14H,3-7,11-12H2,1-2H3,(H2,23,29)(H,24,25,26);1-2H3;1H. The molecule has 0 radical (unpaired) electrons. The highest BCUT2D eigenvalue weighted by molar-refractivity contribution is 5.94. The van der Waals surface area contributed by atoms with E-state index < -0.39 is 11.7 Å². The molecule has 10 heteroatoms. The third-order valence-electron chi connectivity index (χ3n) is 5.68. The molecule has 0 unspecified atom stereocenters. The molecule has 1 saturated heterocycles. The molecule has 0 spiro atoms. The lowest BCUT2D eigenvalue weighted by atomic mass is 10.1. The first-order valence-corrected chi connectivity index (χ1v) is 11.4. The zero-order valence-corrected chi connectivity index (χ0v) is 19.7. The summed E-state index contributed by atoms with van der Waals surface area (Å²) in [6.45, 7) is 10.9. The number of aryl methyl sites for hydroxylation is 1. The maximum Gasteiger partial charge on any atom is 0.251 e. The Hall–Kier alpha value is -2.98. The van der Waals surface area contributed by atoms with Crippen molar-refractivity contribution in [2.75, 3.05) is 48.3 Å². The SMILES string of the molecule is CC.CCN1COCN(C2CCOCC2)c2nc(Nc3cc(F)c(C(N)=O)cc3C)ncc21.[HH]. The van der Waals surface area contributed by atoms with Crippen LogP contribution < -0.4 is 20.9 Å². The molecule has 3 heterocycles. The predicted octanol–water partition coefficient (Wildman–Crippen LogP) is 3.80. The van der Waals surface area contributed by atoms with Crippen molar-refractivity contribution in [1.82, 2.24) is 9.97 Å². The average Bonchev–Trinajstić information content (AvgIpc) is 3.02. The lowest BCUT2D eigenvalue weighted by molar-refractivity contribution is 0.0710. The average molecular weight is 463 g/mol. The minimum atomic E-state index is -0.805. The number of ether oxygens (including phenoxy) is 2. The van der Waals surface area contributed by atoms with E-state index >= 15 is 0 Å². The van der Waals surface area contributed by atoms with Gasteiger partial charge in [-0.15, -0.1) is 0 Å². The van der Waals surface area contributed by atoms with Gasteiger partial charge in [0.1, 0.15) is 25.0 Å². The summed E-state index contributed by atoms with van der Waals surface area (Å²) >= 11 is 0. The zero-order chi connectivity index (χ0) is 24.0. The van der Waals surface area contributed by atoms with Gasteiger partial charge in [0, 0.05) is 32.9 Å². The fraction of sp³-hybridized carbons (Fsp3) is 0.522. The van der Waals surface area contributed by atoms with E-state index in [1.54, 1.807) is 13.1 Å². The molecule has 2 aliphatic heterocycles. The number of halogens is 1. The zero-order valence-electron chi connectivity index (χ0n) is 19.7. The number of nitrogens with two attached hydrogens (primary N) is 1. The molecule has 33 heavy (non-hydrogen) atoms. The van der Waals surface area contributed by atoms with Gasteiger partial charge < -0.3 is 30.3 Å². The second kappa shape index (κ2) is 11.2. The number of carbonyl (C=O) groups excluding carboxylic acids is 1. The van der Waals surface area contributed by atoms with Crippen LogP contribution >= 0.6 is 0 Å². The quantitative estimate of drug-likeness (QED) is 0.691. The molecule has 0 atom stereocenters. The summed E-state index contributed by atoms with van der Waals surface area (Å²) < 4.78 is 25.7. The lowest BCUT2D eigenvalue weighted by Gasteiger charge is -2.34. The van der Waals surface area contributed by atoms with E-state index in [1.807, 2.05) is 13.8 Å². The molecule has 2 aromatic rings. The first-order chi connectivity index (χ1) is 16.0. The molecule has 1 aromatic carbocycles. The van der Waals surface area contributed by atoms with E-state index in [9.17, 15) is 9.18 Å². The smallest absolute Gasteiger partial charge is 0.251 e. The molecule has 0 bridgehead atoms. The molecule has 0 saturated carbocycles. The van der Waals surface area contributed by atoms with Crippen LogP contribution in [0.1, 0.15) is 51.0 Å². The van der Waals surface area contributed by atoms with Crippen molar-refractivity contribution < 1.29 is 20.1 Å². The Morgan fingerprint density at radius 1 is 1.27 bits per heavy atom. The maximum atomic E-state index is 14.3. The molecule has 2 aliphatic rings. The van der Waals surface area contributed by atoms with Gasteiger partial charge in [-0.05, 0) is 44.4 Å². The summed E-state index contributed by atoms with van der Waals surface area (Å²) in [5.41, 5.74) is 7.11. The molecule has 182 valence electrons. The van der Waals surface area contributed by atoms with Crippen molar-refractivity contribution >= 4 is 29.0 Å². The van der Waals surface area contributed by atoms with Crippen molar-refractivity contribution in [3.8, 4) is 0 Å². The predicted molar refractivity (Wildman–Crippen MR) is 129 cm³/mol. The first kappa shape index (κ1) is 24.7. The number of amides is 1. The van der Waals surface area contributed by atoms with Crippen molar-refractivity contribution in [3.05, 3.63) is 35.3 Å². The van der Waals surface area contributed by atoms with Gasteiger partial charge in [-0.2, -0.15) is 4.98 Å². The Morgan fingerprint density at radius 2 is 2.00 bits per heavy atom. The third kappa shape index (κ3) is 5.51. The summed E-state index contributed by atoms with van der Waals surface area (Å²) in [6.07, 6.45) is 3.54. The normalized spacial score (nSPS) is 16.4. The van der Waals surface area contributed by atoms with E-state index in [-0.39, 0.29) is 13.0 Å². The highest BCUT2D eigenvalue weighted by atomic mass is 19.1. The Labute approximate surface area is 195 Å². The van der Waals surface area contributed by atoms with E-state index in [0.29, 0.717) is 43.9 Å². The van der Waals surface area contributed by atoms with E-state index in [4.69, 9.17) is 20.2 Å². The molecular weight excluding hydrogens is 427 g/mol. The summed E-state index contributed by atoms with van der Waals surface area (Å²) in [4.78, 5) is 24.8. The van der Waals surface area contributed by atoms with E-state index in [1.165, 1.54) is 12.1 Å². The van der Waals surface area contributed by atoms with Gasteiger partial charge in [0.05, 0.1) is 11.8 Å². The number of carbonyl (C=O) groups is 1. The molecule has 4 rings (SSSR count). The van der Waals surface area contributed by atoms with Crippen LogP contribution in [0.25, 0.3) is 0 Å². The van der Waals surface area contributed by atoms with Gasteiger partial charge in [0.15, 0.2) is 5.82 Å². The van der Waals surface area contributed by atoms with Crippen molar-refractivity contribution in [3.63, 3.8) is 0 Å². The highest BCUT2D eigenvalue weighted by Gasteiger charge is 2.29. The molecule has 3 N–H and O–H groups in total. The topological polar surface area (TPSA) is 106 Å². The minimum Gasteiger partial charge on any atom is -0.381 e. The molecule has 9 nitrogen and oxygen atoms in total. The van der Waals surface area contributed by atoms with Gasteiger partial charge >= 0.3 is 0 Å². The maximum absolute atomic E-state index is 14.3. The Balaban J connectivity index is 0.00000133. The molecular formula is C23H35FN6O3. The van der Waals surface area contributed by atoms with Crippen LogP contribution in [0.4, 0.5) is 27.5 Å². The number of aromatic nitrogens is 2. The number of hydrogen-bond donors (Lipinski definition) is 2. The Bertz CT molecular complexity index is 974. The van der Waals surface area contributed by atoms with E-state index in [2.05, 4.69) is 27.0 Å². The number of nitrogens with zero attached hydrogens (tertiary/aromatic N) is 4. The van der Waals surface area contributed by atoms with Gasteiger partial charge in [-0.25, -0.2) is 9.37 Å². The number of benzene rings is 1. The second-order valence-electron chi connectivity index (χ2n) is 7.67. The van der Waals surface area contributed by atoms with Crippen molar-refractivity contribution in [2.45, 2.75) is 46.6 Å². The van der Waals surface area contributed by atoms with Crippen LogP contribution in [0.3, 0.4) is 0 Å². The number of anilines is 4. The second-order valence-corrected chi connectivity index (χ2v) is 7.67. The number of hydrogen-bond acceptors (Lipinski definition) is 8. The molecule has 1 amide bonds. The van der Waals surface area contributed by atoms with E-state index in [0.717, 1.165) is 30.9 Å². The van der Waals surface area contributed by atoms with Crippen LogP contribution in [0.5, 0.6) is 0 Å². The van der Waals surface area contributed by atoms with Crippen LogP contribution in [0, 0.1) is 12.7 Å². The van der Waals surface area contributed by atoms with Crippen molar-refractivity contribution in [1.29, 1.82) is 0 Å². The number of primary amides is 1. The summed E-state index contributed by atoms with van der Waals surface area (Å²) in [6, 6.07) is 2.91. The lowest BCUT2D eigenvalue weighted by Crippen LogP contribution is -2.41. The van der Waals surface area contributed by atoms with Crippen molar-refractivity contribution in [2.24, 2.45) is 5.73 Å². The molecule has 1 fully saturated rings. The van der Waals surface area contributed by atoms with Crippen LogP contribution in [-0.2, 0) is 9.47 Å². The van der Waals surface area contributed by atoms with Crippen LogP contribution in [-0.4, -0.2) is 55.1 Å². The molecule has 0 aliphatic carbocycles. The third-order valence-corrected chi connectivity index (χ3v) is 5.68. The Kier molecular flexibility index (Phi) is 8.40. The van der Waals surface area contributed by atoms with Crippen LogP contribution in [0.15, 0.2) is 18.3 Å². The number of rotatable bonds is 5. The van der Waals surface area contributed by atoms with Gasteiger partial charge in [-0.1, -0.05) is 13.8 Å². The monoisotopic (exact) mass is 462 g/mol. The van der Waals surface area contributed by atoms with Crippen LogP contribution in [0.2, 0.25) is 0 Å². The number of fused-ring (bicyclic) bond motifs is 1. The first-order valence-electron chi connectivity index (χ1n) is 11.4. The fourth-order valence-corrected chi connectivity index (χ4v) is 3.90. The largest absolute Gasteiger partial charge is 0.381 e. The fourth-order valence-electron chi connectivity index (χ4n) is 3.90. The number of nitrogens with one attached hydrogen (secondary N) is 1. The summed E-state index contributed by atoms with van der Waals surface area (Å²) in [7, 11) is 0. The summed E-state index contributed by atoms with van der Waals surface area (Å²) in [5, 5.41) is 3.08. The highest BCUT2D eigenvalue weighted by Crippen LogP contribution is 2.34. The van der Waals surface area contributed by atoms with Gasteiger partial charge in [-0.3, -0.25) is 4.79 Å². The summed E-state index contributed by atoms with van der Waals surface area (Å²) in [5.74, 6) is -0.385. The molecule has 1 aromatic heterocycles.